The molecule has 1 saturated heterocycles. The van der Waals surface area contributed by atoms with Crippen molar-refractivity contribution in [2.75, 3.05) is 25.5 Å². The van der Waals surface area contributed by atoms with Crippen molar-refractivity contribution in [2.24, 2.45) is 5.92 Å². The van der Waals surface area contributed by atoms with Crippen LogP contribution in [-0.2, 0) is 4.79 Å². The average Bonchev–Trinajstić information content (AvgIpc) is 3.57. The molecule has 3 amide bonds. The summed E-state index contributed by atoms with van der Waals surface area (Å²) in [5.41, 5.74) is 0.566. The van der Waals surface area contributed by atoms with Gasteiger partial charge in [-0.05, 0) is 43.7 Å². The Balaban J connectivity index is 1.30. The summed E-state index contributed by atoms with van der Waals surface area (Å²) in [6, 6.07) is 2.84. The molecule has 1 aliphatic heterocycles. The fraction of sp³-hybridized carbons (Fsp3) is 0.455. The Kier molecular flexibility index (Phi) is 6.11. The molecule has 0 radical (unpaired) electrons. The summed E-state index contributed by atoms with van der Waals surface area (Å²) in [7, 11) is 1.72. The van der Waals surface area contributed by atoms with Gasteiger partial charge in [0.1, 0.15) is 11.6 Å². The minimum absolute atomic E-state index is 0.0347. The number of benzene rings is 1. The summed E-state index contributed by atoms with van der Waals surface area (Å²) < 4.78 is 26.8. The number of carbonyl (C=O) groups excluding carboxylic acids is 2. The Hall–Kier alpha value is -3.10. The van der Waals surface area contributed by atoms with Crippen molar-refractivity contribution < 1.29 is 18.4 Å². The van der Waals surface area contributed by atoms with Gasteiger partial charge in [-0.15, -0.1) is 0 Å². The van der Waals surface area contributed by atoms with Gasteiger partial charge in [-0.2, -0.15) is 0 Å². The molecule has 0 spiro atoms. The molecule has 4 rings (SSSR count). The SMILES string of the molecule is CN(C(=O)Nc1cnc(-c2cc(F)cc(F)c2)cn1)C1CCN(C(=O)CC2CC2)CC1. The lowest BCUT2D eigenvalue weighted by atomic mass is 10.0. The first-order chi connectivity index (χ1) is 14.9. The van der Waals surface area contributed by atoms with E-state index in [1.54, 1.807) is 11.9 Å². The Labute approximate surface area is 179 Å². The molecule has 1 aromatic carbocycles. The number of anilines is 1. The Morgan fingerprint density at radius 1 is 1.06 bits per heavy atom. The topological polar surface area (TPSA) is 78.4 Å². The maximum absolute atomic E-state index is 13.4. The van der Waals surface area contributed by atoms with Crippen LogP contribution in [0.2, 0.25) is 0 Å². The monoisotopic (exact) mass is 429 g/mol. The van der Waals surface area contributed by atoms with Crippen LogP contribution in [0, 0.1) is 17.6 Å². The van der Waals surface area contributed by atoms with E-state index in [1.165, 1.54) is 24.5 Å². The van der Waals surface area contributed by atoms with E-state index in [0.717, 1.165) is 31.7 Å². The molecule has 164 valence electrons. The molecule has 0 atom stereocenters. The number of nitrogens with one attached hydrogen (secondary N) is 1. The van der Waals surface area contributed by atoms with E-state index in [-0.39, 0.29) is 29.4 Å². The van der Waals surface area contributed by atoms with E-state index in [4.69, 9.17) is 0 Å². The molecule has 1 aromatic heterocycles. The first kappa shape index (κ1) is 21.1. The molecule has 1 saturated carbocycles. The lowest BCUT2D eigenvalue weighted by molar-refractivity contribution is -0.132. The number of hydrogen-bond acceptors (Lipinski definition) is 4. The van der Waals surface area contributed by atoms with Crippen LogP contribution in [0.4, 0.5) is 19.4 Å². The summed E-state index contributed by atoms with van der Waals surface area (Å²) in [6.45, 7) is 1.32. The summed E-state index contributed by atoms with van der Waals surface area (Å²) >= 11 is 0. The van der Waals surface area contributed by atoms with E-state index in [2.05, 4.69) is 15.3 Å². The number of hydrogen-bond donors (Lipinski definition) is 1. The highest BCUT2D eigenvalue weighted by Crippen LogP contribution is 2.33. The van der Waals surface area contributed by atoms with E-state index in [9.17, 15) is 18.4 Å². The van der Waals surface area contributed by atoms with E-state index in [0.29, 0.717) is 31.1 Å². The van der Waals surface area contributed by atoms with Crippen LogP contribution in [0.1, 0.15) is 32.1 Å². The minimum atomic E-state index is -0.698. The number of rotatable bonds is 5. The molecule has 2 fully saturated rings. The fourth-order valence-electron chi connectivity index (χ4n) is 3.81. The number of aromatic nitrogens is 2. The standard InChI is InChI=1S/C22H25F2N5O2/c1-28(18-4-6-29(7-5-18)21(30)8-14-2-3-14)22(31)27-20-13-25-19(12-26-20)15-9-16(23)11-17(24)10-15/h9-14,18H,2-8H2,1H3,(H,26,27,31). The molecule has 31 heavy (non-hydrogen) atoms. The molecule has 2 aliphatic rings. The summed E-state index contributed by atoms with van der Waals surface area (Å²) in [5, 5.41) is 2.69. The third-order valence-corrected chi connectivity index (χ3v) is 5.89. The highest BCUT2D eigenvalue weighted by molar-refractivity contribution is 5.88. The van der Waals surface area contributed by atoms with Gasteiger partial charge in [0.05, 0.1) is 18.1 Å². The Morgan fingerprint density at radius 2 is 1.74 bits per heavy atom. The maximum atomic E-state index is 13.4. The first-order valence-corrected chi connectivity index (χ1v) is 10.5. The molecule has 0 unspecified atom stereocenters. The number of amides is 3. The number of carbonyl (C=O) groups is 2. The quantitative estimate of drug-likeness (QED) is 0.787. The molecule has 9 heteroatoms. The third kappa shape index (κ3) is 5.34. The number of urea groups is 1. The lowest BCUT2D eigenvalue weighted by Crippen LogP contribution is -2.48. The normalized spacial score (nSPS) is 16.8. The van der Waals surface area contributed by atoms with Crippen molar-refractivity contribution in [1.82, 2.24) is 19.8 Å². The van der Waals surface area contributed by atoms with Gasteiger partial charge < -0.3 is 9.80 Å². The van der Waals surface area contributed by atoms with Crippen molar-refractivity contribution in [2.45, 2.75) is 38.1 Å². The van der Waals surface area contributed by atoms with E-state index < -0.39 is 11.6 Å². The van der Waals surface area contributed by atoms with Gasteiger partial charge in [0.25, 0.3) is 0 Å². The van der Waals surface area contributed by atoms with Crippen LogP contribution >= 0.6 is 0 Å². The van der Waals surface area contributed by atoms with Crippen molar-refractivity contribution in [3.8, 4) is 11.3 Å². The molecular formula is C22H25F2N5O2. The summed E-state index contributed by atoms with van der Waals surface area (Å²) in [5.74, 6) is -0.352. The summed E-state index contributed by atoms with van der Waals surface area (Å²) in [6.07, 6.45) is 7.14. The van der Waals surface area contributed by atoms with Crippen LogP contribution in [0.5, 0.6) is 0 Å². The predicted molar refractivity (Wildman–Crippen MR) is 111 cm³/mol. The van der Waals surface area contributed by atoms with Gasteiger partial charge in [0, 0.05) is 44.2 Å². The van der Waals surface area contributed by atoms with Crippen molar-refractivity contribution >= 4 is 17.8 Å². The van der Waals surface area contributed by atoms with E-state index >= 15 is 0 Å². The van der Waals surface area contributed by atoms with E-state index in [1.807, 2.05) is 4.90 Å². The van der Waals surface area contributed by atoms with Gasteiger partial charge in [-0.3, -0.25) is 15.1 Å². The molecule has 0 bridgehead atoms. The van der Waals surface area contributed by atoms with Crippen LogP contribution in [0.15, 0.2) is 30.6 Å². The molecule has 1 aliphatic carbocycles. The Bertz CT molecular complexity index is 937. The predicted octanol–water partition coefficient (Wildman–Crippen LogP) is 3.68. The van der Waals surface area contributed by atoms with Gasteiger partial charge in [-0.1, -0.05) is 0 Å². The highest BCUT2D eigenvalue weighted by Gasteiger charge is 2.31. The Morgan fingerprint density at radius 3 is 2.32 bits per heavy atom. The van der Waals surface area contributed by atoms with Crippen molar-refractivity contribution in [1.29, 1.82) is 0 Å². The highest BCUT2D eigenvalue weighted by atomic mass is 19.1. The lowest BCUT2D eigenvalue weighted by Gasteiger charge is -2.36. The second kappa shape index (κ2) is 8.95. The minimum Gasteiger partial charge on any atom is -0.343 e. The van der Waals surface area contributed by atoms with Gasteiger partial charge in [0.15, 0.2) is 5.82 Å². The van der Waals surface area contributed by atoms with Crippen molar-refractivity contribution in [3.05, 3.63) is 42.2 Å². The number of nitrogens with zero attached hydrogens (tertiary/aromatic N) is 4. The van der Waals surface area contributed by atoms with Crippen LogP contribution < -0.4 is 5.32 Å². The first-order valence-electron chi connectivity index (χ1n) is 10.5. The maximum Gasteiger partial charge on any atom is 0.323 e. The zero-order valence-electron chi connectivity index (χ0n) is 17.4. The zero-order valence-corrected chi connectivity index (χ0v) is 17.4. The van der Waals surface area contributed by atoms with Gasteiger partial charge >= 0.3 is 6.03 Å². The van der Waals surface area contributed by atoms with Gasteiger partial charge in [-0.25, -0.2) is 18.6 Å². The van der Waals surface area contributed by atoms with Crippen molar-refractivity contribution in [3.63, 3.8) is 0 Å². The molecule has 2 heterocycles. The van der Waals surface area contributed by atoms with Crippen LogP contribution in [0.3, 0.4) is 0 Å². The van der Waals surface area contributed by atoms with Crippen LogP contribution in [-0.4, -0.2) is 57.9 Å². The fourth-order valence-corrected chi connectivity index (χ4v) is 3.81. The molecule has 2 aromatic rings. The number of piperidine rings is 1. The average molecular weight is 429 g/mol. The van der Waals surface area contributed by atoms with Gasteiger partial charge in [0.2, 0.25) is 5.91 Å². The molecular weight excluding hydrogens is 404 g/mol. The summed E-state index contributed by atoms with van der Waals surface area (Å²) in [4.78, 5) is 36.6. The number of halogens is 2. The molecule has 7 nitrogen and oxygen atoms in total. The molecule has 1 N–H and O–H groups in total. The largest absolute Gasteiger partial charge is 0.343 e. The second-order valence-corrected chi connectivity index (χ2v) is 8.25. The third-order valence-electron chi connectivity index (χ3n) is 5.89. The number of likely N-dealkylation sites (tertiary alicyclic amines) is 1. The van der Waals surface area contributed by atoms with Crippen LogP contribution in [0.25, 0.3) is 11.3 Å². The second-order valence-electron chi connectivity index (χ2n) is 8.25. The zero-order chi connectivity index (χ0) is 22.0. The smallest absolute Gasteiger partial charge is 0.323 e.